The smallest absolute Gasteiger partial charge is 0.294 e. The van der Waals surface area contributed by atoms with Crippen LogP contribution in [0.25, 0.3) is 0 Å². The molecule has 1 N–H and O–H groups in total. The number of aliphatic imine (C=N–C) groups is 1. The van der Waals surface area contributed by atoms with Crippen molar-refractivity contribution in [2.45, 2.75) is 20.8 Å². The molecule has 20 heavy (non-hydrogen) atoms. The molecule has 0 aliphatic rings. The Bertz CT molecular complexity index is 571. The minimum Gasteiger partial charge on any atom is -0.465 e. The van der Waals surface area contributed by atoms with E-state index in [2.05, 4.69) is 36.3 Å². The molecule has 0 amide bonds. The van der Waals surface area contributed by atoms with Crippen molar-refractivity contribution in [1.29, 1.82) is 0 Å². The molecular formula is C17H20N2O. The van der Waals surface area contributed by atoms with Gasteiger partial charge in [0.2, 0.25) is 0 Å². The first-order valence-electron chi connectivity index (χ1n) is 6.79. The molecule has 0 saturated heterocycles. The SMILES string of the molecule is CCOC(=Nc1ccc(C)cc1)Nc1ccc(C)cc1. The van der Waals surface area contributed by atoms with Gasteiger partial charge in [-0.3, -0.25) is 0 Å². The van der Waals surface area contributed by atoms with Gasteiger partial charge in [-0.1, -0.05) is 35.4 Å². The number of aryl methyl sites for hydroxylation is 2. The van der Waals surface area contributed by atoms with Gasteiger partial charge in [-0.25, -0.2) is 0 Å². The van der Waals surface area contributed by atoms with Crippen LogP contribution < -0.4 is 5.32 Å². The number of hydrogen-bond donors (Lipinski definition) is 1. The fraction of sp³-hybridized carbons (Fsp3) is 0.235. The van der Waals surface area contributed by atoms with E-state index in [4.69, 9.17) is 4.74 Å². The predicted molar refractivity (Wildman–Crippen MR) is 84.7 cm³/mol. The Balaban J connectivity index is 2.17. The van der Waals surface area contributed by atoms with Crippen molar-refractivity contribution in [3.8, 4) is 0 Å². The molecule has 3 nitrogen and oxygen atoms in total. The van der Waals surface area contributed by atoms with Crippen LogP contribution in [0.15, 0.2) is 53.5 Å². The predicted octanol–water partition coefficient (Wildman–Crippen LogP) is 4.44. The van der Waals surface area contributed by atoms with E-state index in [0.717, 1.165) is 11.4 Å². The van der Waals surface area contributed by atoms with Crippen LogP contribution in [0.2, 0.25) is 0 Å². The largest absolute Gasteiger partial charge is 0.465 e. The third-order valence-electron chi connectivity index (χ3n) is 2.85. The zero-order valence-electron chi connectivity index (χ0n) is 12.2. The van der Waals surface area contributed by atoms with Gasteiger partial charge in [0.1, 0.15) is 0 Å². The van der Waals surface area contributed by atoms with Crippen LogP contribution in [-0.4, -0.2) is 12.6 Å². The van der Waals surface area contributed by atoms with Crippen LogP contribution in [0.1, 0.15) is 18.1 Å². The Morgan fingerprint density at radius 3 is 2.05 bits per heavy atom. The maximum absolute atomic E-state index is 5.55. The summed E-state index contributed by atoms with van der Waals surface area (Å²) in [6.45, 7) is 6.64. The Hall–Kier alpha value is -2.29. The molecule has 0 aliphatic heterocycles. The minimum atomic E-state index is 0.514. The number of anilines is 1. The molecule has 0 heterocycles. The van der Waals surface area contributed by atoms with Crippen molar-refractivity contribution in [2.24, 2.45) is 4.99 Å². The molecule has 0 saturated carbocycles. The van der Waals surface area contributed by atoms with Crippen molar-refractivity contribution in [2.75, 3.05) is 11.9 Å². The lowest BCUT2D eigenvalue weighted by Gasteiger charge is -2.10. The number of benzene rings is 2. The Morgan fingerprint density at radius 2 is 1.50 bits per heavy atom. The average Bonchev–Trinajstić information content (AvgIpc) is 2.44. The third-order valence-corrected chi connectivity index (χ3v) is 2.85. The van der Waals surface area contributed by atoms with Crippen LogP contribution in [0.5, 0.6) is 0 Å². The summed E-state index contributed by atoms with van der Waals surface area (Å²) in [5.74, 6) is 0. The van der Waals surface area contributed by atoms with Gasteiger partial charge in [-0.15, -0.1) is 0 Å². The lowest BCUT2D eigenvalue weighted by molar-refractivity contribution is 0.326. The standard InChI is InChI=1S/C17H20N2O/c1-4-20-17(18-15-9-5-13(2)6-10-15)19-16-11-7-14(3)8-12-16/h5-12H,4H2,1-3H3,(H,18,19). The first kappa shape index (κ1) is 14.1. The van der Waals surface area contributed by atoms with Crippen molar-refractivity contribution >= 4 is 17.4 Å². The highest BCUT2D eigenvalue weighted by atomic mass is 16.5. The highest BCUT2D eigenvalue weighted by molar-refractivity contribution is 5.90. The molecule has 2 aromatic rings. The summed E-state index contributed by atoms with van der Waals surface area (Å²) in [5.41, 5.74) is 4.28. The van der Waals surface area contributed by atoms with Gasteiger partial charge in [0.25, 0.3) is 6.02 Å². The van der Waals surface area contributed by atoms with Gasteiger partial charge >= 0.3 is 0 Å². The molecule has 0 fully saturated rings. The number of hydrogen-bond acceptors (Lipinski definition) is 2. The molecule has 0 aromatic heterocycles. The van der Waals surface area contributed by atoms with Crippen LogP contribution >= 0.6 is 0 Å². The quantitative estimate of drug-likeness (QED) is 0.659. The maximum Gasteiger partial charge on any atom is 0.294 e. The lowest BCUT2D eigenvalue weighted by Crippen LogP contribution is -2.15. The van der Waals surface area contributed by atoms with E-state index >= 15 is 0 Å². The molecule has 0 aliphatic carbocycles. The van der Waals surface area contributed by atoms with E-state index in [1.54, 1.807) is 0 Å². The zero-order valence-corrected chi connectivity index (χ0v) is 12.2. The average molecular weight is 268 g/mol. The van der Waals surface area contributed by atoms with E-state index in [0.29, 0.717) is 12.6 Å². The second kappa shape index (κ2) is 6.75. The maximum atomic E-state index is 5.55. The molecule has 2 aromatic carbocycles. The highest BCUT2D eigenvalue weighted by Crippen LogP contribution is 2.15. The van der Waals surface area contributed by atoms with Gasteiger partial charge in [0, 0.05) is 5.69 Å². The Labute approximate surface area is 120 Å². The first-order valence-corrected chi connectivity index (χ1v) is 6.79. The normalized spacial score (nSPS) is 11.2. The van der Waals surface area contributed by atoms with Gasteiger partial charge < -0.3 is 10.1 Å². The monoisotopic (exact) mass is 268 g/mol. The van der Waals surface area contributed by atoms with E-state index in [1.165, 1.54) is 11.1 Å². The van der Waals surface area contributed by atoms with E-state index in [1.807, 2.05) is 43.3 Å². The zero-order chi connectivity index (χ0) is 14.4. The van der Waals surface area contributed by atoms with Crippen molar-refractivity contribution < 1.29 is 4.74 Å². The summed E-state index contributed by atoms with van der Waals surface area (Å²) in [7, 11) is 0. The van der Waals surface area contributed by atoms with E-state index in [9.17, 15) is 0 Å². The first-order chi connectivity index (χ1) is 9.67. The molecular weight excluding hydrogens is 248 g/mol. The van der Waals surface area contributed by atoms with Crippen LogP contribution in [-0.2, 0) is 4.74 Å². The second-order valence-corrected chi connectivity index (χ2v) is 4.68. The minimum absolute atomic E-state index is 0.514. The fourth-order valence-corrected chi connectivity index (χ4v) is 1.73. The molecule has 0 bridgehead atoms. The lowest BCUT2D eigenvalue weighted by atomic mass is 10.2. The van der Waals surface area contributed by atoms with Gasteiger partial charge in [-0.2, -0.15) is 4.99 Å². The molecule has 2 rings (SSSR count). The van der Waals surface area contributed by atoms with Gasteiger partial charge in [0.05, 0.1) is 12.3 Å². The summed E-state index contributed by atoms with van der Waals surface area (Å²) in [6.07, 6.45) is 0. The molecule has 0 spiro atoms. The Kier molecular flexibility index (Phi) is 4.77. The fourth-order valence-electron chi connectivity index (χ4n) is 1.73. The van der Waals surface area contributed by atoms with Crippen LogP contribution in [0.4, 0.5) is 11.4 Å². The van der Waals surface area contributed by atoms with Gasteiger partial charge in [0.15, 0.2) is 0 Å². The molecule has 3 heteroatoms. The number of ether oxygens (including phenoxy) is 1. The summed E-state index contributed by atoms with van der Waals surface area (Å²) < 4.78 is 5.55. The number of nitrogens with zero attached hydrogens (tertiary/aromatic N) is 1. The summed E-state index contributed by atoms with van der Waals surface area (Å²) >= 11 is 0. The van der Waals surface area contributed by atoms with Crippen molar-refractivity contribution in [3.63, 3.8) is 0 Å². The third kappa shape index (κ3) is 4.12. The Morgan fingerprint density at radius 1 is 0.950 bits per heavy atom. The van der Waals surface area contributed by atoms with E-state index < -0.39 is 0 Å². The summed E-state index contributed by atoms with van der Waals surface area (Å²) in [6, 6.07) is 16.7. The highest BCUT2D eigenvalue weighted by Gasteiger charge is 2.01. The molecule has 104 valence electrons. The van der Waals surface area contributed by atoms with Crippen LogP contribution in [0.3, 0.4) is 0 Å². The number of rotatable bonds is 3. The molecule has 0 radical (unpaired) electrons. The molecule has 0 unspecified atom stereocenters. The number of amidine groups is 1. The van der Waals surface area contributed by atoms with Gasteiger partial charge in [-0.05, 0) is 45.0 Å². The van der Waals surface area contributed by atoms with Crippen molar-refractivity contribution in [3.05, 3.63) is 59.7 Å². The van der Waals surface area contributed by atoms with E-state index in [-0.39, 0.29) is 0 Å². The second-order valence-electron chi connectivity index (χ2n) is 4.68. The topological polar surface area (TPSA) is 33.6 Å². The van der Waals surface area contributed by atoms with Crippen molar-refractivity contribution in [1.82, 2.24) is 0 Å². The molecule has 0 atom stereocenters. The summed E-state index contributed by atoms with van der Waals surface area (Å²) in [4.78, 5) is 4.49. The summed E-state index contributed by atoms with van der Waals surface area (Å²) in [5, 5.41) is 3.20. The van der Waals surface area contributed by atoms with Crippen LogP contribution in [0, 0.1) is 13.8 Å². The number of nitrogens with one attached hydrogen (secondary N) is 1.